The Hall–Kier alpha value is -1.99. The van der Waals surface area contributed by atoms with Gasteiger partial charge in [0.2, 0.25) is 0 Å². The first-order chi connectivity index (χ1) is 9.54. The van der Waals surface area contributed by atoms with Crippen LogP contribution in [-0.2, 0) is 0 Å². The summed E-state index contributed by atoms with van der Waals surface area (Å²) >= 11 is 3.30. The highest BCUT2D eigenvalue weighted by Crippen LogP contribution is 2.25. The van der Waals surface area contributed by atoms with Gasteiger partial charge >= 0.3 is 0 Å². The predicted octanol–water partition coefficient (Wildman–Crippen LogP) is 4.39. The lowest BCUT2D eigenvalue weighted by atomic mass is 9.91. The Labute approximate surface area is 125 Å². The van der Waals surface area contributed by atoms with Gasteiger partial charge in [0, 0.05) is 4.47 Å². The normalized spacial score (nSPS) is 11.7. The van der Waals surface area contributed by atoms with E-state index in [0.29, 0.717) is 11.1 Å². The molecule has 0 aliphatic heterocycles. The average molecular weight is 332 g/mol. The summed E-state index contributed by atoms with van der Waals surface area (Å²) in [4.78, 5) is 12.4. The zero-order chi connectivity index (χ0) is 14.7. The van der Waals surface area contributed by atoms with E-state index in [1.165, 1.54) is 6.07 Å². The van der Waals surface area contributed by atoms with E-state index in [1.807, 2.05) is 6.07 Å². The number of aryl methyl sites for hydroxylation is 1. The lowest BCUT2D eigenvalue weighted by molar-refractivity contribution is 0.0975. The van der Waals surface area contributed by atoms with Gasteiger partial charge in [-0.25, -0.2) is 4.39 Å². The SMILES string of the molecule is Cc1cccc(C(=O)C(C#N)c2cccc(Br)c2)c1F. The van der Waals surface area contributed by atoms with Crippen LogP contribution in [-0.4, -0.2) is 5.78 Å². The van der Waals surface area contributed by atoms with Crippen LogP contribution in [0.25, 0.3) is 0 Å². The standard InChI is InChI=1S/C16H11BrFNO/c1-10-4-2-7-13(15(10)18)16(20)14(9-19)11-5-3-6-12(17)8-11/h2-8,14H,1H3. The van der Waals surface area contributed by atoms with Crippen LogP contribution in [0.3, 0.4) is 0 Å². The van der Waals surface area contributed by atoms with Crippen molar-refractivity contribution in [2.24, 2.45) is 0 Å². The second-order valence-electron chi connectivity index (χ2n) is 4.42. The molecular formula is C16H11BrFNO. The summed E-state index contributed by atoms with van der Waals surface area (Å²) in [5, 5.41) is 9.25. The monoisotopic (exact) mass is 331 g/mol. The first-order valence-electron chi connectivity index (χ1n) is 5.99. The maximum atomic E-state index is 14.0. The van der Waals surface area contributed by atoms with Crippen molar-refractivity contribution in [1.29, 1.82) is 5.26 Å². The van der Waals surface area contributed by atoms with E-state index >= 15 is 0 Å². The zero-order valence-electron chi connectivity index (χ0n) is 10.7. The van der Waals surface area contributed by atoms with Gasteiger partial charge < -0.3 is 0 Å². The quantitative estimate of drug-likeness (QED) is 0.783. The van der Waals surface area contributed by atoms with E-state index in [4.69, 9.17) is 0 Å². The highest BCUT2D eigenvalue weighted by Gasteiger charge is 2.24. The molecule has 0 radical (unpaired) electrons. The molecule has 1 unspecified atom stereocenters. The van der Waals surface area contributed by atoms with E-state index in [-0.39, 0.29) is 5.56 Å². The summed E-state index contributed by atoms with van der Waals surface area (Å²) in [7, 11) is 0. The van der Waals surface area contributed by atoms with Gasteiger partial charge in [0.25, 0.3) is 0 Å². The summed E-state index contributed by atoms with van der Waals surface area (Å²) < 4.78 is 14.8. The molecule has 0 amide bonds. The molecule has 0 heterocycles. The number of nitriles is 1. The minimum Gasteiger partial charge on any atom is -0.292 e. The molecule has 0 aliphatic rings. The van der Waals surface area contributed by atoms with Crippen LogP contribution < -0.4 is 0 Å². The van der Waals surface area contributed by atoms with Gasteiger partial charge in [-0.15, -0.1) is 0 Å². The van der Waals surface area contributed by atoms with Crippen molar-refractivity contribution < 1.29 is 9.18 Å². The molecule has 0 fully saturated rings. The zero-order valence-corrected chi connectivity index (χ0v) is 12.3. The topological polar surface area (TPSA) is 40.9 Å². The maximum absolute atomic E-state index is 14.0. The third kappa shape index (κ3) is 2.78. The number of nitrogens with zero attached hydrogens (tertiary/aromatic N) is 1. The van der Waals surface area contributed by atoms with Gasteiger partial charge in [0.1, 0.15) is 11.7 Å². The molecule has 2 nitrogen and oxygen atoms in total. The van der Waals surface area contributed by atoms with Crippen LogP contribution in [0.4, 0.5) is 4.39 Å². The van der Waals surface area contributed by atoms with Gasteiger partial charge in [-0.1, -0.05) is 40.2 Å². The summed E-state index contributed by atoms with van der Waals surface area (Å²) in [5.74, 6) is -2.09. The molecular weight excluding hydrogens is 321 g/mol. The molecule has 100 valence electrons. The third-order valence-electron chi connectivity index (χ3n) is 3.03. The Morgan fingerprint density at radius 1 is 1.30 bits per heavy atom. The average Bonchev–Trinajstić information content (AvgIpc) is 2.42. The lowest BCUT2D eigenvalue weighted by Gasteiger charge is -2.10. The largest absolute Gasteiger partial charge is 0.292 e. The second-order valence-corrected chi connectivity index (χ2v) is 5.33. The number of rotatable bonds is 3. The number of carbonyl (C=O) groups excluding carboxylic acids is 1. The van der Waals surface area contributed by atoms with Crippen molar-refractivity contribution in [3.63, 3.8) is 0 Å². The molecule has 0 spiro atoms. The third-order valence-corrected chi connectivity index (χ3v) is 3.52. The van der Waals surface area contributed by atoms with Crippen molar-refractivity contribution in [1.82, 2.24) is 0 Å². The minimum atomic E-state index is -1.01. The summed E-state index contributed by atoms with van der Waals surface area (Å²) in [6, 6.07) is 13.5. The summed E-state index contributed by atoms with van der Waals surface area (Å²) in [5.41, 5.74) is 0.895. The fourth-order valence-corrected chi connectivity index (χ4v) is 2.38. The molecule has 0 saturated heterocycles. The van der Waals surface area contributed by atoms with Crippen molar-refractivity contribution in [2.75, 3.05) is 0 Å². The van der Waals surface area contributed by atoms with Gasteiger partial charge in [-0.3, -0.25) is 4.79 Å². The smallest absolute Gasteiger partial charge is 0.187 e. The van der Waals surface area contributed by atoms with E-state index < -0.39 is 17.5 Å². The number of hydrogen-bond donors (Lipinski definition) is 0. The number of ketones is 1. The fraction of sp³-hybridized carbons (Fsp3) is 0.125. The highest BCUT2D eigenvalue weighted by atomic mass is 79.9. The number of carbonyl (C=O) groups is 1. The number of hydrogen-bond acceptors (Lipinski definition) is 2. The summed E-state index contributed by atoms with van der Waals surface area (Å²) in [6.07, 6.45) is 0. The van der Waals surface area contributed by atoms with Gasteiger partial charge in [0.05, 0.1) is 11.6 Å². The van der Waals surface area contributed by atoms with E-state index in [0.717, 1.165) is 4.47 Å². The van der Waals surface area contributed by atoms with Gasteiger partial charge in [-0.05, 0) is 36.2 Å². The number of halogens is 2. The molecule has 0 aromatic heterocycles. The Bertz CT molecular complexity index is 706. The van der Waals surface area contributed by atoms with Crippen LogP contribution in [0, 0.1) is 24.1 Å². The Morgan fingerprint density at radius 3 is 2.65 bits per heavy atom. The van der Waals surface area contributed by atoms with Crippen LogP contribution >= 0.6 is 15.9 Å². The van der Waals surface area contributed by atoms with Crippen molar-refractivity contribution in [3.8, 4) is 6.07 Å². The molecule has 2 rings (SSSR count). The van der Waals surface area contributed by atoms with E-state index in [9.17, 15) is 14.4 Å². The van der Waals surface area contributed by atoms with Crippen LogP contribution in [0.5, 0.6) is 0 Å². The highest BCUT2D eigenvalue weighted by molar-refractivity contribution is 9.10. The molecule has 4 heteroatoms. The maximum Gasteiger partial charge on any atom is 0.187 e. The van der Waals surface area contributed by atoms with Crippen molar-refractivity contribution in [2.45, 2.75) is 12.8 Å². The molecule has 0 aliphatic carbocycles. The first-order valence-corrected chi connectivity index (χ1v) is 6.78. The lowest BCUT2D eigenvalue weighted by Crippen LogP contribution is -2.13. The molecule has 0 saturated carbocycles. The van der Waals surface area contributed by atoms with Crippen LogP contribution in [0.1, 0.15) is 27.4 Å². The number of benzene rings is 2. The molecule has 2 aromatic rings. The molecule has 0 bridgehead atoms. The Kier molecular flexibility index (Phi) is 4.31. The predicted molar refractivity (Wildman–Crippen MR) is 78.0 cm³/mol. The van der Waals surface area contributed by atoms with Gasteiger partial charge in [-0.2, -0.15) is 5.26 Å². The molecule has 0 N–H and O–H groups in total. The van der Waals surface area contributed by atoms with Crippen molar-refractivity contribution >= 4 is 21.7 Å². The van der Waals surface area contributed by atoms with E-state index in [1.54, 1.807) is 43.3 Å². The van der Waals surface area contributed by atoms with Crippen molar-refractivity contribution in [3.05, 3.63) is 69.4 Å². The fourth-order valence-electron chi connectivity index (χ4n) is 1.96. The first kappa shape index (κ1) is 14.4. The second kappa shape index (κ2) is 5.98. The molecule has 1 atom stereocenters. The summed E-state index contributed by atoms with van der Waals surface area (Å²) in [6.45, 7) is 1.59. The van der Waals surface area contributed by atoms with E-state index in [2.05, 4.69) is 15.9 Å². The number of Topliss-reactive ketones (excluding diaryl/α,β-unsaturated/α-hetero) is 1. The molecule has 2 aromatic carbocycles. The van der Waals surface area contributed by atoms with Crippen LogP contribution in [0.15, 0.2) is 46.9 Å². The Morgan fingerprint density at radius 2 is 2.00 bits per heavy atom. The molecule has 20 heavy (non-hydrogen) atoms. The minimum absolute atomic E-state index is 0.0449. The van der Waals surface area contributed by atoms with Crippen LogP contribution in [0.2, 0.25) is 0 Å². The van der Waals surface area contributed by atoms with Gasteiger partial charge in [0.15, 0.2) is 5.78 Å². The Balaban J connectivity index is 2.45.